The van der Waals surface area contributed by atoms with Crippen LogP contribution in [-0.2, 0) is 0 Å². The minimum atomic E-state index is -1.98. The van der Waals surface area contributed by atoms with E-state index in [0.29, 0.717) is 11.5 Å². The van der Waals surface area contributed by atoms with Gasteiger partial charge in [0.15, 0.2) is 0 Å². The number of carbonyl (C=O) groups excluding carboxylic acids is 1. The second kappa shape index (κ2) is 7.57. The van der Waals surface area contributed by atoms with Gasteiger partial charge in [0, 0.05) is 35.1 Å². The maximum Gasteiger partial charge on any atom is 0.218 e. The van der Waals surface area contributed by atoms with Crippen LogP contribution in [0, 0.1) is 6.92 Å². The Morgan fingerprint density at radius 2 is 1.40 bits per heavy atom. The summed E-state index contributed by atoms with van der Waals surface area (Å²) in [4.78, 5) is 11.3. The second-order valence-corrected chi connectivity index (χ2v) is 4.18. The quantitative estimate of drug-likeness (QED) is 0.510. The predicted octanol–water partition coefficient (Wildman–Crippen LogP) is 1.90. The molecule has 0 aromatic heterocycles. The van der Waals surface area contributed by atoms with E-state index in [4.69, 9.17) is 14.9 Å². The number of rotatable bonds is 4. The molecular formula is C15H14NaO4. The third kappa shape index (κ3) is 4.44. The van der Waals surface area contributed by atoms with E-state index in [0.717, 1.165) is 5.56 Å². The van der Waals surface area contributed by atoms with Crippen molar-refractivity contribution in [1.82, 2.24) is 0 Å². The molecule has 1 radical (unpaired) electrons. The smallest absolute Gasteiger partial charge is 0.218 e. The number of benzene rings is 2. The molecule has 0 fully saturated rings. The van der Waals surface area contributed by atoms with Gasteiger partial charge in [-0.05, 0) is 43.3 Å². The Morgan fingerprint density at radius 3 is 1.85 bits per heavy atom. The third-order valence-corrected chi connectivity index (χ3v) is 2.63. The van der Waals surface area contributed by atoms with Crippen LogP contribution in [-0.4, -0.2) is 51.8 Å². The monoisotopic (exact) mass is 281 g/mol. The van der Waals surface area contributed by atoms with Crippen LogP contribution in [0.1, 0.15) is 15.9 Å². The number of Topliss-reactive ketones (excluding diaryl/α,β-unsaturated/α-hetero) is 1. The molecule has 0 unspecified atom stereocenters. The molecule has 0 aliphatic rings. The van der Waals surface area contributed by atoms with Crippen LogP contribution in [0.15, 0.2) is 48.5 Å². The predicted molar refractivity (Wildman–Crippen MR) is 76.0 cm³/mol. The molecule has 0 aliphatic carbocycles. The van der Waals surface area contributed by atoms with Crippen molar-refractivity contribution < 1.29 is 19.7 Å². The number of hydrogen-bond acceptors (Lipinski definition) is 4. The normalized spacial score (nSPS) is 10.0. The van der Waals surface area contributed by atoms with E-state index in [1.165, 1.54) is 12.1 Å². The van der Waals surface area contributed by atoms with Gasteiger partial charge in [0.05, 0.1) is 0 Å². The Balaban J connectivity index is 0.00000200. The van der Waals surface area contributed by atoms with Crippen LogP contribution in [0.5, 0.6) is 11.5 Å². The first-order valence-electron chi connectivity index (χ1n) is 5.81. The van der Waals surface area contributed by atoms with Gasteiger partial charge in [-0.1, -0.05) is 17.7 Å². The Bertz CT molecular complexity index is 561. The van der Waals surface area contributed by atoms with Gasteiger partial charge >= 0.3 is 0 Å². The first-order chi connectivity index (χ1) is 9.06. The third-order valence-electron chi connectivity index (χ3n) is 2.63. The maximum atomic E-state index is 11.3. The molecule has 2 aromatic rings. The summed E-state index contributed by atoms with van der Waals surface area (Å²) in [6, 6.07) is 13.8. The van der Waals surface area contributed by atoms with E-state index >= 15 is 0 Å². The Hall–Kier alpha value is -1.17. The van der Waals surface area contributed by atoms with Crippen molar-refractivity contribution in [2.75, 3.05) is 0 Å². The van der Waals surface area contributed by atoms with Crippen LogP contribution in [0.4, 0.5) is 0 Å². The van der Waals surface area contributed by atoms with Gasteiger partial charge < -0.3 is 14.9 Å². The van der Waals surface area contributed by atoms with Crippen molar-refractivity contribution in [2.24, 2.45) is 0 Å². The summed E-state index contributed by atoms with van der Waals surface area (Å²) in [6.45, 7) is 1.99. The van der Waals surface area contributed by atoms with E-state index in [-0.39, 0.29) is 35.1 Å². The molecule has 0 amide bonds. The van der Waals surface area contributed by atoms with Crippen molar-refractivity contribution in [3.8, 4) is 11.5 Å². The van der Waals surface area contributed by atoms with E-state index in [9.17, 15) is 4.79 Å². The van der Waals surface area contributed by atoms with E-state index in [1.807, 2.05) is 31.2 Å². The summed E-state index contributed by atoms with van der Waals surface area (Å²) >= 11 is 0. The van der Waals surface area contributed by atoms with Gasteiger partial charge in [0.1, 0.15) is 11.5 Å². The summed E-state index contributed by atoms with van der Waals surface area (Å²) in [7, 11) is 0. The SMILES string of the molecule is Cc1ccc(Oc2ccc(C(=O)C(O)O)cc2)cc1.[Na]. The van der Waals surface area contributed by atoms with Crippen molar-refractivity contribution in [3.05, 3.63) is 59.7 Å². The van der Waals surface area contributed by atoms with Crippen LogP contribution in [0.2, 0.25) is 0 Å². The molecule has 2 rings (SSSR count). The molecule has 0 saturated heterocycles. The van der Waals surface area contributed by atoms with Crippen molar-refractivity contribution in [2.45, 2.75) is 13.2 Å². The zero-order valence-corrected chi connectivity index (χ0v) is 13.4. The number of carbonyl (C=O) groups is 1. The molecule has 0 atom stereocenters. The largest absolute Gasteiger partial charge is 0.457 e. The van der Waals surface area contributed by atoms with Crippen molar-refractivity contribution in [3.63, 3.8) is 0 Å². The number of aliphatic hydroxyl groups is 2. The van der Waals surface area contributed by atoms with E-state index < -0.39 is 12.1 Å². The van der Waals surface area contributed by atoms with Gasteiger partial charge in [-0.15, -0.1) is 0 Å². The van der Waals surface area contributed by atoms with Gasteiger partial charge in [-0.25, -0.2) is 0 Å². The number of ether oxygens (including phenoxy) is 1. The van der Waals surface area contributed by atoms with Gasteiger partial charge in [0.25, 0.3) is 0 Å². The molecule has 20 heavy (non-hydrogen) atoms. The molecular weight excluding hydrogens is 267 g/mol. The topological polar surface area (TPSA) is 66.8 Å². The second-order valence-electron chi connectivity index (χ2n) is 4.18. The maximum absolute atomic E-state index is 11.3. The Labute approximate surface area is 139 Å². The molecule has 5 heteroatoms. The number of hydrogen-bond donors (Lipinski definition) is 2. The standard InChI is InChI=1S/C15H14O4.Na/c1-10-2-6-12(7-3-10)19-13-8-4-11(5-9-13)14(16)15(17)18;/h2-9,15,17-18H,1H3;. The zero-order chi connectivity index (χ0) is 13.8. The van der Waals surface area contributed by atoms with Gasteiger partial charge in [-0.2, -0.15) is 0 Å². The molecule has 0 heterocycles. The van der Waals surface area contributed by atoms with E-state index in [2.05, 4.69) is 0 Å². The molecule has 0 bridgehead atoms. The number of aliphatic hydroxyl groups excluding tert-OH is 1. The summed E-state index contributed by atoms with van der Waals surface area (Å²) in [5.74, 6) is 0.543. The molecule has 0 aliphatic heterocycles. The van der Waals surface area contributed by atoms with Crippen LogP contribution >= 0.6 is 0 Å². The molecule has 2 N–H and O–H groups in total. The minimum Gasteiger partial charge on any atom is -0.457 e. The molecule has 99 valence electrons. The fourth-order valence-electron chi connectivity index (χ4n) is 1.58. The molecule has 4 nitrogen and oxygen atoms in total. The number of ketones is 1. The fraction of sp³-hybridized carbons (Fsp3) is 0.133. The summed E-state index contributed by atoms with van der Waals surface area (Å²) in [5.41, 5.74) is 1.37. The van der Waals surface area contributed by atoms with Crippen molar-refractivity contribution >= 4 is 35.3 Å². The van der Waals surface area contributed by atoms with Crippen molar-refractivity contribution in [1.29, 1.82) is 0 Å². The van der Waals surface area contributed by atoms with E-state index in [1.54, 1.807) is 12.1 Å². The van der Waals surface area contributed by atoms with Gasteiger partial charge in [0.2, 0.25) is 12.1 Å². The summed E-state index contributed by atoms with van der Waals surface area (Å²) in [5, 5.41) is 17.6. The molecule has 2 aromatic carbocycles. The average molecular weight is 281 g/mol. The zero-order valence-electron chi connectivity index (χ0n) is 11.4. The first kappa shape index (κ1) is 16.9. The Kier molecular flexibility index (Phi) is 6.39. The summed E-state index contributed by atoms with van der Waals surface area (Å²) in [6.07, 6.45) is -1.98. The number of aryl methyl sites for hydroxylation is 1. The Morgan fingerprint density at radius 1 is 0.950 bits per heavy atom. The molecule has 0 spiro atoms. The first-order valence-corrected chi connectivity index (χ1v) is 5.81. The van der Waals surface area contributed by atoms with Crippen LogP contribution in [0.25, 0.3) is 0 Å². The van der Waals surface area contributed by atoms with Crippen LogP contribution in [0.3, 0.4) is 0 Å². The average Bonchev–Trinajstić information content (AvgIpc) is 2.41. The van der Waals surface area contributed by atoms with Gasteiger partial charge in [-0.3, -0.25) is 4.79 Å². The molecule has 0 saturated carbocycles. The summed E-state index contributed by atoms with van der Waals surface area (Å²) < 4.78 is 5.59. The van der Waals surface area contributed by atoms with Crippen LogP contribution < -0.4 is 4.74 Å². The minimum absolute atomic E-state index is 0. The fourth-order valence-corrected chi connectivity index (χ4v) is 1.58.